The van der Waals surface area contributed by atoms with E-state index < -0.39 is 0 Å². The van der Waals surface area contributed by atoms with Crippen LogP contribution in [0, 0.1) is 11.3 Å². The summed E-state index contributed by atoms with van der Waals surface area (Å²) in [6.07, 6.45) is 0. The Balaban J connectivity index is 3.81. The number of rotatable bonds is 1. The number of phenolic OH excluding ortho intramolecular Hbond substituents is 1. The second kappa shape index (κ2) is 5.56. The summed E-state index contributed by atoms with van der Waals surface area (Å²) in [6.45, 7) is 16.3. The summed E-state index contributed by atoms with van der Waals surface area (Å²) in [6, 6.07) is 6.20. The molecule has 0 fully saturated rings. The number of benzene rings is 1. The molecule has 1 rings (SSSR count). The zero-order valence-electron chi connectivity index (χ0n) is 14.5. The van der Waals surface area contributed by atoms with E-state index in [1.54, 1.807) is 0 Å². The minimum Gasteiger partial charge on any atom is -0.507 e. The fourth-order valence-corrected chi connectivity index (χ4v) is 2.39. The highest BCUT2D eigenvalue weighted by atomic mass is 16.3. The van der Waals surface area contributed by atoms with Crippen LogP contribution in [0.15, 0.2) is 17.7 Å². The average molecular weight is 285 g/mol. The number of phenols is 1. The van der Waals surface area contributed by atoms with Crippen LogP contribution in [-0.2, 0) is 10.8 Å². The molecule has 0 unspecified atom stereocenters. The lowest BCUT2D eigenvalue weighted by Crippen LogP contribution is -2.17. The maximum atomic E-state index is 10.7. The highest BCUT2D eigenvalue weighted by Gasteiger charge is 2.27. The molecule has 0 aromatic heterocycles. The molecule has 21 heavy (non-hydrogen) atoms. The van der Waals surface area contributed by atoms with Gasteiger partial charge in [-0.3, -0.25) is 0 Å². The van der Waals surface area contributed by atoms with Gasteiger partial charge >= 0.3 is 0 Å². The van der Waals surface area contributed by atoms with E-state index in [4.69, 9.17) is 0 Å². The van der Waals surface area contributed by atoms with Crippen LogP contribution in [0.3, 0.4) is 0 Å². The first-order valence-corrected chi connectivity index (χ1v) is 7.35. The molecule has 0 atom stereocenters. The molecule has 2 heteroatoms. The Kier molecular flexibility index (Phi) is 4.58. The summed E-state index contributed by atoms with van der Waals surface area (Å²) in [5.74, 6) is 0.352. The number of hydrogen-bond donors (Lipinski definition) is 1. The summed E-state index contributed by atoms with van der Waals surface area (Å²) < 4.78 is 0. The van der Waals surface area contributed by atoms with E-state index >= 15 is 0 Å². The predicted octanol–water partition coefficient (Wildman–Crippen LogP) is 5.30. The van der Waals surface area contributed by atoms with E-state index in [-0.39, 0.29) is 10.8 Å². The van der Waals surface area contributed by atoms with E-state index in [1.165, 1.54) is 0 Å². The van der Waals surface area contributed by atoms with Crippen molar-refractivity contribution in [2.75, 3.05) is 0 Å². The molecule has 1 aromatic carbocycles. The molecule has 0 aliphatic heterocycles. The second-order valence-electron chi connectivity index (χ2n) is 7.91. The van der Waals surface area contributed by atoms with Gasteiger partial charge in [-0.1, -0.05) is 47.1 Å². The van der Waals surface area contributed by atoms with Crippen LogP contribution in [0.25, 0.3) is 5.57 Å². The summed E-state index contributed by atoms with van der Waals surface area (Å²) >= 11 is 0. The first kappa shape index (κ1) is 17.3. The normalized spacial score (nSPS) is 12.0. The third-order valence-electron chi connectivity index (χ3n) is 3.63. The van der Waals surface area contributed by atoms with Crippen molar-refractivity contribution in [3.63, 3.8) is 0 Å². The fourth-order valence-electron chi connectivity index (χ4n) is 2.39. The van der Waals surface area contributed by atoms with Gasteiger partial charge in [0.15, 0.2) is 0 Å². The molecule has 0 amide bonds. The second-order valence-corrected chi connectivity index (χ2v) is 7.91. The lowest BCUT2D eigenvalue weighted by molar-refractivity contribution is 0.423. The van der Waals surface area contributed by atoms with Gasteiger partial charge in [0.05, 0.1) is 11.6 Å². The Labute approximate surface area is 129 Å². The molecule has 0 aliphatic carbocycles. The summed E-state index contributed by atoms with van der Waals surface area (Å²) in [5, 5.41) is 20.1. The SMILES string of the molecule is CC(C)=C(C#N)c1cc(C(C)(C)C)c(O)c(C(C)(C)C)c1. The quantitative estimate of drug-likeness (QED) is 0.711. The van der Waals surface area contributed by atoms with Crippen molar-refractivity contribution in [3.05, 3.63) is 34.4 Å². The van der Waals surface area contributed by atoms with Crippen LogP contribution >= 0.6 is 0 Å². The van der Waals surface area contributed by atoms with E-state index in [0.717, 1.165) is 22.3 Å². The summed E-state index contributed by atoms with van der Waals surface area (Å²) in [5.41, 5.74) is 3.99. The number of aromatic hydroxyl groups is 1. The monoisotopic (exact) mass is 285 g/mol. The molecule has 0 spiro atoms. The van der Waals surface area contributed by atoms with Crippen molar-refractivity contribution in [2.24, 2.45) is 0 Å². The average Bonchev–Trinajstić information content (AvgIpc) is 2.28. The zero-order chi connectivity index (χ0) is 16.6. The van der Waals surface area contributed by atoms with Gasteiger partial charge < -0.3 is 5.11 Å². The largest absolute Gasteiger partial charge is 0.507 e. The van der Waals surface area contributed by atoms with Crippen molar-refractivity contribution < 1.29 is 5.11 Å². The molecule has 114 valence electrons. The Morgan fingerprint density at radius 3 is 1.57 bits per heavy atom. The molecule has 1 N–H and O–H groups in total. The van der Waals surface area contributed by atoms with Crippen molar-refractivity contribution in [1.82, 2.24) is 0 Å². The number of hydrogen-bond acceptors (Lipinski definition) is 2. The molecular weight excluding hydrogens is 258 g/mol. The van der Waals surface area contributed by atoms with E-state index in [1.807, 2.05) is 26.0 Å². The Morgan fingerprint density at radius 1 is 0.952 bits per heavy atom. The molecule has 1 aromatic rings. The highest BCUT2D eigenvalue weighted by Crippen LogP contribution is 2.41. The van der Waals surface area contributed by atoms with Crippen molar-refractivity contribution in [3.8, 4) is 11.8 Å². The van der Waals surface area contributed by atoms with Crippen LogP contribution in [0.1, 0.15) is 72.1 Å². The highest BCUT2D eigenvalue weighted by molar-refractivity contribution is 5.80. The van der Waals surface area contributed by atoms with Gasteiger partial charge in [0.1, 0.15) is 5.75 Å². The van der Waals surface area contributed by atoms with Gasteiger partial charge in [0.2, 0.25) is 0 Å². The van der Waals surface area contributed by atoms with Gasteiger partial charge in [-0.15, -0.1) is 0 Å². The predicted molar refractivity (Wildman–Crippen MR) is 89.4 cm³/mol. The molecule has 0 saturated heterocycles. The number of nitrogens with zero attached hydrogens (tertiary/aromatic N) is 1. The summed E-state index contributed by atoms with van der Waals surface area (Å²) in [4.78, 5) is 0. The van der Waals surface area contributed by atoms with Crippen molar-refractivity contribution in [2.45, 2.75) is 66.2 Å². The Hall–Kier alpha value is -1.75. The molecule has 0 aliphatic rings. The molecule has 0 heterocycles. The minimum absolute atomic E-state index is 0.178. The first-order chi connectivity index (χ1) is 9.39. The van der Waals surface area contributed by atoms with Gasteiger partial charge in [-0.05, 0) is 42.4 Å². The van der Waals surface area contributed by atoms with Gasteiger partial charge in [-0.25, -0.2) is 0 Å². The van der Waals surface area contributed by atoms with Crippen molar-refractivity contribution >= 4 is 5.57 Å². The van der Waals surface area contributed by atoms with Crippen molar-refractivity contribution in [1.29, 1.82) is 5.26 Å². The topological polar surface area (TPSA) is 44.0 Å². The molecule has 0 saturated carbocycles. The number of allylic oxidation sites excluding steroid dienone is 2. The Morgan fingerprint density at radius 2 is 1.33 bits per heavy atom. The van der Waals surface area contributed by atoms with Crippen LogP contribution in [0.2, 0.25) is 0 Å². The molecule has 2 nitrogen and oxygen atoms in total. The van der Waals surface area contributed by atoms with Crippen LogP contribution in [-0.4, -0.2) is 5.11 Å². The maximum Gasteiger partial charge on any atom is 0.123 e. The fraction of sp³-hybridized carbons (Fsp3) is 0.526. The van der Waals surface area contributed by atoms with Crippen LogP contribution in [0.4, 0.5) is 0 Å². The molecule has 0 radical (unpaired) electrons. The van der Waals surface area contributed by atoms with Gasteiger partial charge in [0.25, 0.3) is 0 Å². The standard InChI is InChI=1S/C19H27NO/c1-12(2)14(11-20)13-9-15(18(3,4)5)17(21)16(10-13)19(6,7)8/h9-10,21H,1-8H3. The Bertz CT molecular complexity index is 577. The molecule has 0 bridgehead atoms. The van der Waals surface area contributed by atoms with Gasteiger partial charge in [-0.2, -0.15) is 5.26 Å². The van der Waals surface area contributed by atoms with E-state index in [0.29, 0.717) is 11.3 Å². The lowest BCUT2D eigenvalue weighted by atomic mass is 9.77. The third-order valence-corrected chi connectivity index (χ3v) is 3.63. The van der Waals surface area contributed by atoms with Gasteiger partial charge in [0, 0.05) is 11.1 Å². The zero-order valence-corrected chi connectivity index (χ0v) is 14.5. The minimum atomic E-state index is -0.178. The summed E-state index contributed by atoms with van der Waals surface area (Å²) in [7, 11) is 0. The lowest BCUT2D eigenvalue weighted by Gasteiger charge is -2.28. The maximum absolute atomic E-state index is 10.7. The third kappa shape index (κ3) is 3.67. The smallest absolute Gasteiger partial charge is 0.123 e. The molecular formula is C19H27NO. The van der Waals surface area contributed by atoms with Crippen LogP contribution in [0.5, 0.6) is 5.75 Å². The number of nitriles is 1. The van der Waals surface area contributed by atoms with E-state index in [2.05, 4.69) is 47.6 Å². The first-order valence-electron chi connectivity index (χ1n) is 7.35. The van der Waals surface area contributed by atoms with E-state index in [9.17, 15) is 10.4 Å². The van der Waals surface area contributed by atoms with Crippen LogP contribution < -0.4 is 0 Å².